The van der Waals surface area contributed by atoms with Crippen LogP contribution < -0.4 is 0 Å². The maximum absolute atomic E-state index is 12.7. The molecular weight excluding hydrogens is 296 g/mol. The molecule has 3 rings (SSSR count). The molecule has 0 aliphatic rings. The van der Waals surface area contributed by atoms with E-state index >= 15 is 0 Å². The van der Waals surface area contributed by atoms with Gasteiger partial charge in [0.1, 0.15) is 5.75 Å². The summed E-state index contributed by atoms with van der Waals surface area (Å²) in [7, 11) is 0. The van der Waals surface area contributed by atoms with Crippen LogP contribution >= 0.6 is 11.6 Å². The molecule has 0 aliphatic carbocycles. The quantitative estimate of drug-likeness (QED) is 0.673. The minimum Gasteiger partial charge on any atom is -0.507 e. The van der Waals surface area contributed by atoms with Gasteiger partial charge in [0.05, 0.1) is 0 Å². The van der Waals surface area contributed by atoms with Crippen LogP contribution in [0.5, 0.6) is 5.75 Å². The fourth-order valence-corrected chi connectivity index (χ4v) is 2.99. The molecule has 0 atom stereocenters. The van der Waals surface area contributed by atoms with Crippen molar-refractivity contribution in [2.45, 2.75) is 13.8 Å². The van der Waals surface area contributed by atoms with Crippen molar-refractivity contribution in [3.05, 3.63) is 75.8 Å². The van der Waals surface area contributed by atoms with Crippen molar-refractivity contribution < 1.29 is 9.90 Å². The molecule has 22 heavy (non-hydrogen) atoms. The number of hydrogen-bond donors (Lipinski definition) is 1. The van der Waals surface area contributed by atoms with Crippen LogP contribution in [0.15, 0.2) is 48.5 Å². The van der Waals surface area contributed by atoms with E-state index < -0.39 is 0 Å². The van der Waals surface area contributed by atoms with Crippen molar-refractivity contribution >= 4 is 28.2 Å². The van der Waals surface area contributed by atoms with Crippen LogP contribution in [-0.4, -0.2) is 10.9 Å². The van der Waals surface area contributed by atoms with E-state index in [4.69, 9.17) is 11.6 Å². The minimum absolute atomic E-state index is 0.0681. The molecule has 0 amide bonds. The Morgan fingerprint density at radius 1 is 1.05 bits per heavy atom. The monoisotopic (exact) mass is 310 g/mol. The summed E-state index contributed by atoms with van der Waals surface area (Å²) < 4.78 is 0. The molecule has 0 unspecified atom stereocenters. The SMILES string of the molecule is Cc1ccc(C(=O)c2cc(O)c3cccc(Cl)c3c2C)cc1. The van der Waals surface area contributed by atoms with Gasteiger partial charge in [-0.3, -0.25) is 4.79 Å². The van der Waals surface area contributed by atoms with Crippen molar-refractivity contribution in [1.29, 1.82) is 0 Å². The lowest BCUT2D eigenvalue weighted by molar-refractivity contribution is 0.103. The van der Waals surface area contributed by atoms with Crippen molar-refractivity contribution in [3.63, 3.8) is 0 Å². The average molecular weight is 311 g/mol. The zero-order chi connectivity index (χ0) is 15.9. The van der Waals surface area contributed by atoms with E-state index in [-0.39, 0.29) is 11.5 Å². The third kappa shape index (κ3) is 2.36. The van der Waals surface area contributed by atoms with E-state index in [0.717, 1.165) is 16.5 Å². The van der Waals surface area contributed by atoms with Gasteiger partial charge in [-0.05, 0) is 31.5 Å². The first-order chi connectivity index (χ1) is 10.5. The largest absolute Gasteiger partial charge is 0.507 e. The van der Waals surface area contributed by atoms with E-state index in [1.165, 1.54) is 6.07 Å². The number of phenolic OH excluding ortho intramolecular Hbond substituents is 1. The van der Waals surface area contributed by atoms with Gasteiger partial charge in [0.15, 0.2) is 5.78 Å². The van der Waals surface area contributed by atoms with Gasteiger partial charge in [0.25, 0.3) is 0 Å². The molecule has 0 bridgehead atoms. The summed E-state index contributed by atoms with van der Waals surface area (Å²) in [5, 5.41) is 12.1. The predicted molar refractivity (Wildman–Crippen MR) is 90.0 cm³/mol. The van der Waals surface area contributed by atoms with E-state index in [1.807, 2.05) is 26.0 Å². The van der Waals surface area contributed by atoms with Crippen LogP contribution in [-0.2, 0) is 0 Å². The number of carbonyl (C=O) groups excluding carboxylic acids is 1. The molecular formula is C19H15ClO2. The van der Waals surface area contributed by atoms with Gasteiger partial charge in [0, 0.05) is 26.9 Å². The third-order valence-electron chi connectivity index (χ3n) is 3.91. The summed E-state index contributed by atoms with van der Waals surface area (Å²) in [5.41, 5.74) is 2.95. The Labute approximate surface area is 134 Å². The second kappa shape index (κ2) is 5.47. The van der Waals surface area contributed by atoms with Gasteiger partial charge in [-0.25, -0.2) is 0 Å². The van der Waals surface area contributed by atoms with Gasteiger partial charge >= 0.3 is 0 Å². The third-order valence-corrected chi connectivity index (χ3v) is 4.22. The molecule has 0 saturated carbocycles. The molecule has 0 fully saturated rings. The van der Waals surface area contributed by atoms with Crippen LogP contribution in [0, 0.1) is 13.8 Å². The smallest absolute Gasteiger partial charge is 0.193 e. The Balaban J connectivity index is 2.23. The Morgan fingerprint density at radius 2 is 1.73 bits per heavy atom. The first-order valence-electron chi connectivity index (χ1n) is 7.01. The fourth-order valence-electron chi connectivity index (χ4n) is 2.67. The highest BCUT2D eigenvalue weighted by Crippen LogP contribution is 2.35. The lowest BCUT2D eigenvalue weighted by Gasteiger charge is -2.12. The number of fused-ring (bicyclic) bond motifs is 1. The zero-order valence-corrected chi connectivity index (χ0v) is 13.1. The van der Waals surface area contributed by atoms with Crippen molar-refractivity contribution in [3.8, 4) is 5.75 Å². The fraction of sp³-hybridized carbons (Fsp3) is 0.105. The van der Waals surface area contributed by atoms with Crippen LogP contribution in [0.1, 0.15) is 27.0 Å². The summed E-state index contributed by atoms with van der Waals surface area (Å²) >= 11 is 6.26. The maximum atomic E-state index is 12.7. The molecule has 3 aromatic carbocycles. The number of aryl methyl sites for hydroxylation is 2. The highest BCUT2D eigenvalue weighted by molar-refractivity contribution is 6.36. The molecule has 0 heterocycles. The lowest BCUT2D eigenvalue weighted by atomic mass is 9.93. The van der Waals surface area contributed by atoms with E-state index in [0.29, 0.717) is 21.5 Å². The number of phenols is 1. The number of ketones is 1. The Bertz CT molecular complexity index is 880. The van der Waals surface area contributed by atoms with E-state index in [9.17, 15) is 9.90 Å². The van der Waals surface area contributed by atoms with Crippen LogP contribution in [0.4, 0.5) is 0 Å². The second-order valence-electron chi connectivity index (χ2n) is 5.43. The van der Waals surface area contributed by atoms with Crippen LogP contribution in [0.3, 0.4) is 0 Å². The normalized spacial score (nSPS) is 10.9. The topological polar surface area (TPSA) is 37.3 Å². The molecule has 1 N–H and O–H groups in total. The van der Waals surface area contributed by atoms with Crippen molar-refractivity contribution in [2.75, 3.05) is 0 Å². The van der Waals surface area contributed by atoms with Crippen LogP contribution in [0.25, 0.3) is 10.8 Å². The molecule has 110 valence electrons. The standard InChI is InChI=1S/C19H15ClO2/c1-11-6-8-13(9-7-11)19(22)15-10-17(21)14-4-3-5-16(20)18(14)12(15)2/h3-10,21H,1-2H3. The summed E-state index contributed by atoms with van der Waals surface area (Å²) in [4.78, 5) is 12.7. The number of rotatable bonds is 2. The Hall–Kier alpha value is -2.32. The minimum atomic E-state index is -0.116. The highest BCUT2D eigenvalue weighted by atomic mass is 35.5. The number of aromatic hydroxyl groups is 1. The number of carbonyl (C=O) groups is 1. The van der Waals surface area contributed by atoms with E-state index in [2.05, 4.69) is 0 Å². The molecule has 0 aromatic heterocycles. The lowest BCUT2D eigenvalue weighted by Crippen LogP contribution is -2.04. The molecule has 3 heteroatoms. The van der Waals surface area contributed by atoms with Crippen molar-refractivity contribution in [2.24, 2.45) is 0 Å². The maximum Gasteiger partial charge on any atom is 0.193 e. The molecule has 0 spiro atoms. The summed E-state index contributed by atoms with van der Waals surface area (Å²) in [6, 6.07) is 14.3. The average Bonchev–Trinajstić information content (AvgIpc) is 2.51. The Kier molecular flexibility index (Phi) is 3.63. The molecule has 2 nitrogen and oxygen atoms in total. The molecule has 0 aliphatic heterocycles. The zero-order valence-electron chi connectivity index (χ0n) is 12.4. The van der Waals surface area contributed by atoms with E-state index in [1.54, 1.807) is 30.3 Å². The summed E-state index contributed by atoms with van der Waals surface area (Å²) in [5.74, 6) is -0.0480. The highest BCUT2D eigenvalue weighted by Gasteiger charge is 2.17. The van der Waals surface area contributed by atoms with Gasteiger partial charge < -0.3 is 5.11 Å². The number of benzene rings is 3. The summed E-state index contributed by atoms with van der Waals surface area (Å²) in [6.45, 7) is 3.83. The van der Waals surface area contributed by atoms with Crippen LogP contribution in [0.2, 0.25) is 5.02 Å². The second-order valence-corrected chi connectivity index (χ2v) is 5.83. The number of halogens is 1. The molecule has 0 radical (unpaired) electrons. The Morgan fingerprint density at radius 3 is 2.41 bits per heavy atom. The number of hydrogen-bond acceptors (Lipinski definition) is 2. The first kappa shape index (κ1) is 14.6. The molecule has 3 aromatic rings. The molecule has 0 saturated heterocycles. The summed E-state index contributed by atoms with van der Waals surface area (Å²) in [6.07, 6.45) is 0. The van der Waals surface area contributed by atoms with Gasteiger partial charge in [0.2, 0.25) is 0 Å². The van der Waals surface area contributed by atoms with Gasteiger partial charge in [-0.2, -0.15) is 0 Å². The van der Waals surface area contributed by atoms with Crippen molar-refractivity contribution in [1.82, 2.24) is 0 Å². The van der Waals surface area contributed by atoms with Gasteiger partial charge in [-0.1, -0.05) is 53.6 Å². The predicted octanol–water partition coefficient (Wildman–Crippen LogP) is 5.05. The van der Waals surface area contributed by atoms with Gasteiger partial charge in [-0.15, -0.1) is 0 Å². The first-order valence-corrected chi connectivity index (χ1v) is 7.39.